The average molecular weight is 210 g/mol. The number of hydrogen-bond donors (Lipinski definition) is 0. The Labute approximate surface area is 90.7 Å². The smallest absolute Gasteiger partial charge is 0.0662 e. The zero-order chi connectivity index (χ0) is 10.8. The van der Waals surface area contributed by atoms with Crippen LogP contribution in [-0.4, -0.2) is 20.4 Å². The number of hydrogen-bond acceptors (Lipinski definition) is 4. The molecule has 2 heterocycles. The molecule has 0 bridgehead atoms. The average Bonchev–Trinajstić information content (AvgIpc) is 3.03. The molecule has 0 unspecified atom stereocenters. The van der Waals surface area contributed by atoms with Gasteiger partial charge in [-0.2, -0.15) is 0 Å². The van der Waals surface area contributed by atoms with Gasteiger partial charge in [-0.1, -0.05) is 24.3 Å². The van der Waals surface area contributed by atoms with Gasteiger partial charge in [-0.3, -0.25) is 0 Å². The van der Waals surface area contributed by atoms with E-state index >= 15 is 0 Å². The third-order valence-electron chi connectivity index (χ3n) is 2.24. The van der Waals surface area contributed by atoms with Crippen molar-refractivity contribution < 1.29 is 0 Å². The molecule has 0 fully saturated rings. The second kappa shape index (κ2) is 3.58. The van der Waals surface area contributed by atoms with Gasteiger partial charge in [-0.25, -0.2) is 0 Å². The fraction of sp³-hybridized carbons (Fsp3) is 0. The lowest BCUT2D eigenvalue weighted by atomic mass is 10.1. The predicted molar refractivity (Wildman–Crippen MR) is 55.1 cm³/mol. The molecular formula is C10H6N6-2. The van der Waals surface area contributed by atoms with Crippen LogP contribution in [0.15, 0.2) is 36.7 Å². The summed E-state index contributed by atoms with van der Waals surface area (Å²) in [6.45, 7) is 0. The van der Waals surface area contributed by atoms with Gasteiger partial charge in [0, 0.05) is 12.4 Å². The van der Waals surface area contributed by atoms with E-state index in [1.807, 2.05) is 24.3 Å². The highest BCUT2D eigenvalue weighted by Gasteiger charge is 1.99. The van der Waals surface area contributed by atoms with Crippen LogP contribution in [0.3, 0.4) is 0 Å². The molecule has 0 radical (unpaired) electrons. The van der Waals surface area contributed by atoms with Crippen molar-refractivity contribution in [2.45, 2.75) is 0 Å². The SMILES string of the molecule is c1cc(-c2cn[n-]n2)ccc1-c1cn[n-]n1. The molecule has 0 aliphatic heterocycles. The molecule has 0 atom stereocenters. The van der Waals surface area contributed by atoms with E-state index in [0.29, 0.717) is 0 Å². The third-order valence-corrected chi connectivity index (χ3v) is 2.24. The van der Waals surface area contributed by atoms with Crippen LogP contribution in [0.4, 0.5) is 0 Å². The van der Waals surface area contributed by atoms with Crippen molar-refractivity contribution in [2.75, 3.05) is 0 Å². The van der Waals surface area contributed by atoms with Crippen molar-refractivity contribution in [1.29, 1.82) is 0 Å². The van der Waals surface area contributed by atoms with Crippen LogP contribution in [0.5, 0.6) is 0 Å². The minimum Gasteiger partial charge on any atom is -0.493 e. The Morgan fingerprint density at radius 1 is 0.688 bits per heavy atom. The largest absolute Gasteiger partial charge is 0.493 e. The van der Waals surface area contributed by atoms with E-state index in [2.05, 4.69) is 30.8 Å². The number of rotatable bonds is 2. The second-order valence-electron chi connectivity index (χ2n) is 3.22. The Morgan fingerprint density at radius 3 is 1.44 bits per heavy atom. The Bertz CT molecular complexity index is 499. The molecule has 6 nitrogen and oxygen atoms in total. The lowest BCUT2D eigenvalue weighted by Crippen LogP contribution is -1.82. The molecule has 3 aromatic rings. The molecule has 78 valence electrons. The van der Waals surface area contributed by atoms with Crippen molar-refractivity contribution in [3.05, 3.63) is 36.7 Å². The first-order valence-electron chi connectivity index (χ1n) is 4.66. The molecule has 0 spiro atoms. The van der Waals surface area contributed by atoms with E-state index in [-0.39, 0.29) is 0 Å². The maximum atomic E-state index is 3.88. The fourth-order valence-corrected chi connectivity index (χ4v) is 1.44. The number of benzene rings is 1. The van der Waals surface area contributed by atoms with Crippen LogP contribution in [0.2, 0.25) is 0 Å². The van der Waals surface area contributed by atoms with Crippen LogP contribution in [0, 0.1) is 0 Å². The summed E-state index contributed by atoms with van der Waals surface area (Å²) in [6.07, 6.45) is 3.25. The summed E-state index contributed by atoms with van der Waals surface area (Å²) in [5, 5.41) is 22.2. The summed E-state index contributed by atoms with van der Waals surface area (Å²) in [6, 6.07) is 7.76. The Balaban J connectivity index is 1.97. The quantitative estimate of drug-likeness (QED) is 0.613. The Hall–Kier alpha value is -2.50. The van der Waals surface area contributed by atoms with Gasteiger partial charge in [0.05, 0.1) is 11.4 Å². The van der Waals surface area contributed by atoms with Crippen molar-refractivity contribution in [2.24, 2.45) is 0 Å². The third kappa shape index (κ3) is 1.46. The fourth-order valence-electron chi connectivity index (χ4n) is 1.44. The van der Waals surface area contributed by atoms with Gasteiger partial charge in [0.1, 0.15) is 0 Å². The summed E-state index contributed by atoms with van der Waals surface area (Å²) >= 11 is 0. The van der Waals surface area contributed by atoms with Crippen LogP contribution in [-0.2, 0) is 0 Å². The van der Waals surface area contributed by atoms with E-state index in [0.717, 1.165) is 22.5 Å². The van der Waals surface area contributed by atoms with E-state index < -0.39 is 0 Å². The molecule has 0 saturated heterocycles. The topological polar surface area (TPSA) is 79.8 Å². The number of nitrogens with zero attached hydrogens (tertiary/aromatic N) is 6. The summed E-state index contributed by atoms with van der Waals surface area (Å²) in [7, 11) is 0. The van der Waals surface area contributed by atoms with Crippen LogP contribution < -0.4 is 10.4 Å². The molecule has 0 aliphatic carbocycles. The van der Waals surface area contributed by atoms with E-state index in [4.69, 9.17) is 0 Å². The second-order valence-corrected chi connectivity index (χ2v) is 3.22. The Kier molecular flexibility index (Phi) is 1.96. The molecule has 16 heavy (non-hydrogen) atoms. The minimum absolute atomic E-state index is 0.762. The molecule has 2 aromatic heterocycles. The van der Waals surface area contributed by atoms with Gasteiger partial charge in [0.25, 0.3) is 0 Å². The van der Waals surface area contributed by atoms with Gasteiger partial charge in [-0.15, -0.1) is 0 Å². The highest BCUT2D eigenvalue weighted by atomic mass is 15.3. The van der Waals surface area contributed by atoms with Crippen LogP contribution >= 0.6 is 0 Å². The minimum atomic E-state index is 0.762. The molecule has 0 aliphatic rings. The monoisotopic (exact) mass is 210 g/mol. The molecule has 1 aromatic carbocycles. The van der Waals surface area contributed by atoms with Crippen molar-refractivity contribution in [3.8, 4) is 22.5 Å². The van der Waals surface area contributed by atoms with Gasteiger partial charge in [-0.05, 0) is 11.1 Å². The first kappa shape index (κ1) is 8.78. The first-order valence-corrected chi connectivity index (χ1v) is 4.66. The molecule has 0 saturated carbocycles. The number of aromatic nitrogens is 6. The van der Waals surface area contributed by atoms with E-state index in [1.165, 1.54) is 0 Å². The lowest BCUT2D eigenvalue weighted by molar-refractivity contribution is 0.911. The van der Waals surface area contributed by atoms with Crippen molar-refractivity contribution >= 4 is 0 Å². The summed E-state index contributed by atoms with van der Waals surface area (Å²) in [5.41, 5.74) is 3.47. The van der Waals surface area contributed by atoms with Gasteiger partial charge in [0.2, 0.25) is 0 Å². The molecule has 0 amide bonds. The predicted octanol–water partition coefficient (Wildman–Crippen LogP) is 0.515. The van der Waals surface area contributed by atoms with Crippen molar-refractivity contribution in [1.82, 2.24) is 30.8 Å². The maximum absolute atomic E-state index is 3.88. The standard InChI is InChI=1S/C10H6N6/c1-2-8(10-6-12-16-14-10)4-3-7(1)9-5-11-15-13-9/h1-6H/q-2. The molecule has 6 heteroatoms. The van der Waals surface area contributed by atoms with Gasteiger partial charge >= 0.3 is 0 Å². The highest BCUT2D eigenvalue weighted by Crippen LogP contribution is 2.20. The summed E-state index contributed by atoms with van der Waals surface area (Å²) in [5.74, 6) is 0. The summed E-state index contributed by atoms with van der Waals surface area (Å²) < 4.78 is 0. The summed E-state index contributed by atoms with van der Waals surface area (Å²) in [4.78, 5) is 0. The highest BCUT2D eigenvalue weighted by molar-refractivity contribution is 5.65. The molecular weight excluding hydrogens is 204 g/mol. The molecule has 3 rings (SSSR count). The van der Waals surface area contributed by atoms with Crippen LogP contribution in [0.1, 0.15) is 0 Å². The lowest BCUT2D eigenvalue weighted by Gasteiger charge is -2.01. The van der Waals surface area contributed by atoms with E-state index in [1.54, 1.807) is 12.4 Å². The Morgan fingerprint density at radius 2 is 1.12 bits per heavy atom. The van der Waals surface area contributed by atoms with Crippen LogP contribution in [0.25, 0.3) is 22.5 Å². The zero-order valence-corrected chi connectivity index (χ0v) is 8.15. The normalized spacial score (nSPS) is 10.5. The van der Waals surface area contributed by atoms with Gasteiger partial charge in [0.15, 0.2) is 0 Å². The maximum Gasteiger partial charge on any atom is 0.0662 e. The molecule has 0 N–H and O–H groups in total. The van der Waals surface area contributed by atoms with E-state index in [9.17, 15) is 0 Å². The first-order chi connectivity index (χ1) is 7.93. The van der Waals surface area contributed by atoms with Gasteiger partial charge < -0.3 is 30.8 Å². The zero-order valence-electron chi connectivity index (χ0n) is 8.15. The van der Waals surface area contributed by atoms with Crippen molar-refractivity contribution in [3.63, 3.8) is 0 Å².